The van der Waals surface area contributed by atoms with Crippen LogP contribution in [0, 0.1) is 52.0 Å². The molecule has 4 aliphatic rings. The van der Waals surface area contributed by atoms with Crippen molar-refractivity contribution in [3.05, 3.63) is 46.9 Å². The number of carbonyl (C=O) groups is 1. The van der Waals surface area contributed by atoms with Gasteiger partial charge in [0.05, 0.1) is 6.20 Å². The van der Waals surface area contributed by atoms with Gasteiger partial charge >= 0.3 is 6.09 Å². The van der Waals surface area contributed by atoms with Gasteiger partial charge in [-0.2, -0.15) is 10.2 Å². The number of carbonyl (C=O) groups excluding carboxylic acids is 1. The minimum absolute atomic E-state index is 0.0156. The number of rotatable bonds is 7. The Morgan fingerprint density at radius 3 is 2.49 bits per heavy atom. The number of aromatic nitrogens is 2. The standard InChI is InChI=1S/C28H33F3N6O2/c1-27(2,3)39-26(38)36-23-16-6-15-7-17(23)10-28(8-15,9-16)14-35-24-18(11-32)12-33-25(37-24)34-13-19-20(29)4-5-21(30)22(19)31/h4-5,12,15-17,23H,6-10,13-14H2,1-3H3,(H,36,38)(H2,33,34,35,37)/t15?,16-,17+,23-,28-. The average Bonchev–Trinajstić information content (AvgIpc) is 2.86. The fourth-order valence-electron chi connectivity index (χ4n) is 6.94. The molecule has 4 saturated carbocycles. The second-order valence-electron chi connectivity index (χ2n) is 12.2. The molecule has 1 aromatic carbocycles. The molecule has 4 aliphatic carbocycles. The van der Waals surface area contributed by atoms with Crippen molar-refractivity contribution in [3.8, 4) is 6.07 Å². The van der Waals surface area contributed by atoms with Crippen LogP contribution in [-0.4, -0.2) is 34.2 Å². The molecule has 208 valence electrons. The molecule has 4 bridgehead atoms. The molecule has 8 nitrogen and oxygen atoms in total. The van der Waals surface area contributed by atoms with E-state index in [2.05, 4.69) is 32.0 Å². The number of nitriles is 1. The number of halogens is 3. The van der Waals surface area contributed by atoms with Crippen molar-refractivity contribution >= 4 is 17.9 Å². The summed E-state index contributed by atoms with van der Waals surface area (Å²) in [6.07, 6.45) is 6.10. The molecule has 0 saturated heterocycles. The molecule has 11 heteroatoms. The van der Waals surface area contributed by atoms with E-state index in [1.165, 1.54) is 6.20 Å². The van der Waals surface area contributed by atoms with Crippen LogP contribution in [0.5, 0.6) is 0 Å². The molecule has 2 aromatic rings. The summed E-state index contributed by atoms with van der Waals surface area (Å²) < 4.78 is 47.1. The Balaban J connectivity index is 1.25. The van der Waals surface area contributed by atoms with E-state index < -0.39 is 28.6 Å². The molecular formula is C28H33F3N6O2. The molecule has 5 atom stereocenters. The number of anilines is 2. The van der Waals surface area contributed by atoms with Gasteiger partial charge in [0.15, 0.2) is 11.6 Å². The lowest BCUT2D eigenvalue weighted by atomic mass is 9.48. The predicted molar refractivity (Wildman–Crippen MR) is 138 cm³/mol. The van der Waals surface area contributed by atoms with Gasteiger partial charge in [-0.05, 0) is 88.2 Å². The van der Waals surface area contributed by atoms with Gasteiger partial charge in [0, 0.05) is 24.7 Å². The SMILES string of the molecule is CC(C)(C)OC(=O)N[C@@H]1[C@@H]2CC3C[C@H]1C[C@@](CNc1nc(NCc4c(F)ccc(F)c4F)ncc1C#N)(C3)C2. The molecule has 1 unspecified atom stereocenters. The second-order valence-corrected chi connectivity index (χ2v) is 12.2. The number of ether oxygens (including phenoxy) is 1. The van der Waals surface area contributed by atoms with Crippen molar-refractivity contribution in [1.29, 1.82) is 5.26 Å². The highest BCUT2D eigenvalue weighted by molar-refractivity contribution is 5.68. The molecule has 0 radical (unpaired) electrons. The largest absolute Gasteiger partial charge is 0.444 e. The predicted octanol–water partition coefficient (Wildman–Crippen LogP) is 5.51. The first-order valence-corrected chi connectivity index (χ1v) is 13.3. The maximum atomic E-state index is 14.0. The van der Waals surface area contributed by atoms with Gasteiger partial charge in [-0.3, -0.25) is 0 Å². The smallest absolute Gasteiger partial charge is 0.407 e. The summed E-state index contributed by atoms with van der Waals surface area (Å²) >= 11 is 0. The monoisotopic (exact) mass is 542 g/mol. The van der Waals surface area contributed by atoms with Crippen molar-refractivity contribution in [3.63, 3.8) is 0 Å². The van der Waals surface area contributed by atoms with Gasteiger partial charge in [-0.25, -0.2) is 22.9 Å². The maximum absolute atomic E-state index is 14.0. The topological polar surface area (TPSA) is 112 Å². The van der Waals surface area contributed by atoms with Gasteiger partial charge in [0.2, 0.25) is 5.95 Å². The van der Waals surface area contributed by atoms with Crippen LogP contribution in [0.25, 0.3) is 0 Å². The Morgan fingerprint density at radius 2 is 1.82 bits per heavy atom. The molecule has 1 aromatic heterocycles. The summed E-state index contributed by atoms with van der Waals surface area (Å²) in [5.41, 5.74) is -0.745. The van der Waals surface area contributed by atoms with Crippen molar-refractivity contribution in [2.45, 2.75) is 71.1 Å². The van der Waals surface area contributed by atoms with Gasteiger partial charge in [0.1, 0.15) is 28.9 Å². The minimum atomic E-state index is -1.27. The number of benzene rings is 1. The Labute approximate surface area is 225 Å². The lowest BCUT2D eigenvalue weighted by Gasteiger charge is -2.60. The van der Waals surface area contributed by atoms with Crippen LogP contribution in [0.4, 0.5) is 29.7 Å². The average molecular weight is 543 g/mol. The van der Waals surface area contributed by atoms with Crippen LogP contribution in [0.15, 0.2) is 18.3 Å². The van der Waals surface area contributed by atoms with Crippen LogP contribution >= 0.6 is 0 Å². The third-order valence-corrected chi connectivity index (χ3v) is 8.19. The molecule has 1 heterocycles. The van der Waals surface area contributed by atoms with Crippen molar-refractivity contribution < 1.29 is 22.7 Å². The summed E-state index contributed by atoms with van der Waals surface area (Å²) in [7, 11) is 0. The first-order valence-electron chi connectivity index (χ1n) is 13.3. The lowest BCUT2D eigenvalue weighted by molar-refractivity contribution is -0.0703. The Bertz CT molecular complexity index is 1290. The van der Waals surface area contributed by atoms with E-state index in [-0.39, 0.29) is 35.6 Å². The summed E-state index contributed by atoms with van der Waals surface area (Å²) in [4.78, 5) is 20.9. The van der Waals surface area contributed by atoms with E-state index in [0.29, 0.717) is 30.1 Å². The third-order valence-electron chi connectivity index (χ3n) is 8.19. The lowest BCUT2D eigenvalue weighted by Crippen LogP contribution is -2.60. The fraction of sp³-hybridized carbons (Fsp3) is 0.571. The van der Waals surface area contributed by atoms with Crippen molar-refractivity contribution in [2.24, 2.45) is 23.2 Å². The first-order chi connectivity index (χ1) is 18.4. The molecule has 39 heavy (non-hydrogen) atoms. The van der Waals surface area contributed by atoms with E-state index in [4.69, 9.17) is 4.74 Å². The zero-order valence-electron chi connectivity index (χ0n) is 22.3. The zero-order valence-corrected chi connectivity index (χ0v) is 22.3. The second kappa shape index (κ2) is 10.2. The van der Waals surface area contributed by atoms with Crippen molar-refractivity contribution in [1.82, 2.24) is 15.3 Å². The van der Waals surface area contributed by atoms with Crippen LogP contribution in [0.2, 0.25) is 0 Å². The highest BCUT2D eigenvalue weighted by atomic mass is 19.2. The van der Waals surface area contributed by atoms with Crippen LogP contribution in [0.1, 0.15) is 64.0 Å². The van der Waals surface area contributed by atoms with E-state index in [9.17, 15) is 23.2 Å². The molecule has 0 spiro atoms. The molecule has 4 fully saturated rings. The molecule has 0 aliphatic heterocycles. The van der Waals surface area contributed by atoms with E-state index in [1.54, 1.807) is 0 Å². The fourth-order valence-corrected chi connectivity index (χ4v) is 6.94. The molecular weight excluding hydrogens is 509 g/mol. The summed E-state index contributed by atoms with van der Waals surface area (Å²) in [6.45, 7) is 5.80. The number of amides is 1. The normalized spacial score (nSPS) is 27.1. The van der Waals surface area contributed by atoms with Crippen molar-refractivity contribution in [2.75, 3.05) is 17.2 Å². The molecule has 6 rings (SSSR count). The van der Waals surface area contributed by atoms with Crippen LogP contribution in [0.3, 0.4) is 0 Å². The maximum Gasteiger partial charge on any atom is 0.407 e. The Hall–Kier alpha value is -3.55. The van der Waals surface area contributed by atoms with Gasteiger partial charge < -0.3 is 20.7 Å². The van der Waals surface area contributed by atoms with Gasteiger partial charge in [0.25, 0.3) is 0 Å². The highest BCUT2D eigenvalue weighted by Crippen LogP contribution is 2.60. The van der Waals surface area contributed by atoms with E-state index in [1.807, 2.05) is 20.8 Å². The van der Waals surface area contributed by atoms with Gasteiger partial charge in [-0.1, -0.05) is 0 Å². The van der Waals surface area contributed by atoms with E-state index in [0.717, 1.165) is 44.2 Å². The third kappa shape index (κ3) is 5.75. The van der Waals surface area contributed by atoms with Crippen LogP contribution < -0.4 is 16.0 Å². The highest BCUT2D eigenvalue weighted by Gasteiger charge is 2.55. The summed E-state index contributed by atoms with van der Waals surface area (Å²) in [5.74, 6) is -1.59. The number of nitrogens with one attached hydrogen (secondary N) is 3. The number of alkyl carbamates (subject to hydrolysis) is 1. The van der Waals surface area contributed by atoms with Gasteiger partial charge in [-0.15, -0.1) is 0 Å². The number of hydrogen-bond donors (Lipinski definition) is 3. The minimum Gasteiger partial charge on any atom is -0.444 e. The quantitative estimate of drug-likeness (QED) is 0.396. The first kappa shape index (κ1) is 27.0. The van der Waals surface area contributed by atoms with E-state index >= 15 is 0 Å². The molecule has 3 N–H and O–H groups in total. The molecule has 1 amide bonds. The van der Waals surface area contributed by atoms with Crippen LogP contribution in [-0.2, 0) is 11.3 Å². The number of nitrogens with zero attached hydrogens (tertiary/aromatic N) is 3. The Morgan fingerprint density at radius 1 is 1.13 bits per heavy atom. The summed E-state index contributed by atoms with van der Waals surface area (Å²) in [6, 6.07) is 3.77. The Kier molecular flexibility index (Phi) is 7.08. The summed E-state index contributed by atoms with van der Waals surface area (Å²) in [5, 5.41) is 18.8. The zero-order chi connectivity index (χ0) is 27.9. The number of hydrogen-bond acceptors (Lipinski definition) is 7.